The Morgan fingerprint density at radius 3 is 2.91 bits per heavy atom. The summed E-state index contributed by atoms with van der Waals surface area (Å²) >= 11 is 0. The third-order valence-corrected chi connectivity index (χ3v) is 2.99. The van der Waals surface area contributed by atoms with E-state index in [-0.39, 0.29) is 18.3 Å². The van der Waals surface area contributed by atoms with E-state index >= 15 is 0 Å². The predicted octanol–water partition coefficient (Wildman–Crippen LogP) is 1.01. The molecule has 8 heteroatoms. The Bertz CT molecular complexity index is 724. The van der Waals surface area contributed by atoms with Crippen LogP contribution in [0.2, 0.25) is 0 Å². The number of nitrogens with zero attached hydrogens (tertiary/aromatic N) is 3. The fourth-order valence-electron chi connectivity index (χ4n) is 1.87. The van der Waals surface area contributed by atoms with E-state index in [1.54, 1.807) is 30.2 Å². The summed E-state index contributed by atoms with van der Waals surface area (Å²) in [6.45, 7) is 1.66. The number of carbonyl (C=O) groups excluding carboxylic acids is 1. The van der Waals surface area contributed by atoms with Gasteiger partial charge in [0.15, 0.2) is 12.4 Å². The van der Waals surface area contributed by atoms with E-state index in [0.29, 0.717) is 17.0 Å². The molecule has 0 spiro atoms. The quantitative estimate of drug-likeness (QED) is 0.470. The number of methoxy groups -OCH3 is 1. The van der Waals surface area contributed by atoms with Gasteiger partial charge in [-0.05, 0) is 24.6 Å². The number of hydrogen-bond acceptors (Lipinski definition) is 5. The molecule has 8 nitrogen and oxygen atoms in total. The maximum Gasteiger partial charge on any atom is 0.265 e. The van der Waals surface area contributed by atoms with Gasteiger partial charge in [-0.3, -0.25) is 9.48 Å². The molecule has 0 aliphatic heterocycles. The molecule has 0 atom stereocenters. The van der Waals surface area contributed by atoms with Crippen LogP contribution in [0.15, 0.2) is 35.7 Å². The minimum atomic E-state index is -0.364. The minimum absolute atomic E-state index is 0.152. The van der Waals surface area contributed by atoms with Gasteiger partial charge in [-0.2, -0.15) is 5.10 Å². The number of nitrogens with one attached hydrogen (secondary N) is 1. The largest absolute Gasteiger partial charge is 0.495 e. The lowest BCUT2D eigenvalue weighted by molar-refractivity contribution is -0.120. The van der Waals surface area contributed by atoms with Gasteiger partial charge in [0.25, 0.3) is 5.91 Å². The van der Waals surface area contributed by atoms with Gasteiger partial charge < -0.3 is 20.6 Å². The monoisotopic (exact) mass is 317 g/mol. The molecular weight excluding hydrogens is 298 g/mol. The molecule has 0 aliphatic carbocycles. The molecule has 0 fully saturated rings. The molecule has 1 aromatic carbocycles. The fourth-order valence-corrected chi connectivity index (χ4v) is 1.87. The van der Waals surface area contributed by atoms with Crippen LogP contribution in [0.3, 0.4) is 0 Å². The maximum absolute atomic E-state index is 11.9. The summed E-state index contributed by atoms with van der Waals surface area (Å²) in [6, 6.07) is 5.48. The first-order chi connectivity index (χ1) is 11.0. The minimum Gasteiger partial charge on any atom is -0.495 e. The zero-order valence-electron chi connectivity index (χ0n) is 13.2. The van der Waals surface area contributed by atoms with Crippen LogP contribution in [-0.2, 0) is 16.7 Å². The molecule has 2 aromatic rings. The smallest absolute Gasteiger partial charge is 0.265 e. The molecule has 1 amide bonds. The lowest BCUT2D eigenvalue weighted by Crippen LogP contribution is -2.19. The van der Waals surface area contributed by atoms with Crippen molar-refractivity contribution in [3.63, 3.8) is 0 Å². The van der Waals surface area contributed by atoms with Crippen molar-refractivity contribution in [2.24, 2.45) is 17.9 Å². The van der Waals surface area contributed by atoms with Crippen LogP contribution < -0.4 is 15.8 Å². The Hall–Kier alpha value is -3.03. The number of nitrogens with two attached hydrogens (primary N) is 1. The SMILES string of the molecule is COc1ccc(C)cc1NC(=O)CO/N=C(/N)c1cnn(C)c1. The molecular formula is C15H19N5O3. The molecule has 0 saturated heterocycles. The van der Waals surface area contributed by atoms with Crippen molar-refractivity contribution < 1.29 is 14.4 Å². The number of aromatic nitrogens is 2. The van der Waals surface area contributed by atoms with Gasteiger partial charge in [-0.1, -0.05) is 11.2 Å². The van der Waals surface area contributed by atoms with Crippen LogP contribution in [0.1, 0.15) is 11.1 Å². The van der Waals surface area contributed by atoms with Crippen molar-refractivity contribution in [1.82, 2.24) is 9.78 Å². The number of hydrogen-bond donors (Lipinski definition) is 2. The Balaban J connectivity index is 1.92. The van der Waals surface area contributed by atoms with Gasteiger partial charge in [0.2, 0.25) is 0 Å². The van der Waals surface area contributed by atoms with Crippen molar-refractivity contribution in [3.05, 3.63) is 41.7 Å². The Morgan fingerprint density at radius 1 is 1.48 bits per heavy atom. The van der Waals surface area contributed by atoms with Gasteiger partial charge in [-0.15, -0.1) is 0 Å². The van der Waals surface area contributed by atoms with Crippen molar-refractivity contribution in [3.8, 4) is 5.75 Å². The van der Waals surface area contributed by atoms with E-state index in [1.807, 2.05) is 19.1 Å². The van der Waals surface area contributed by atoms with Crippen LogP contribution in [-0.4, -0.2) is 35.2 Å². The van der Waals surface area contributed by atoms with Crippen LogP contribution in [0, 0.1) is 6.92 Å². The normalized spacial score (nSPS) is 11.2. The van der Waals surface area contributed by atoms with Crippen LogP contribution in [0.25, 0.3) is 0 Å². The van der Waals surface area contributed by atoms with Gasteiger partial charge in [0.05, 0.1) is 24.6 Å². The van der Waals surface area contributed by atoms with E-state index in [4.69, 9.17) is 15.3 Å². The molecule has 0 bridgehead atoms. The third-order valence-electron chi connectivity index (χ3n) is 2.99. The predicted molar refractivity (Wildman–Crippen MR) is 86.2 cm³/mol. The second kappa shape index (κ2) is 7.30. The first-order valence-corrected chi connectivity index (χ1v) is 6.88. The highest BCUT2D eigenvalue weighted by molar-refractivity contribution is 5.97. The summed E-state index contributed by atoms with van der Waals surface area (Å²) < 4.78 is 6.78. The summed E-state index contributed by atoms with van der Waals surface area (Å²) in [5.74, 6) is 0.359. The number of benzene rings is 1. The molecule has 1 heterocycles. The van der Waals surface area contributed by atoms with Crippen LogP contribution >= 0.6 is 0 Å². The number of rotatable bonds is 6. The molecule has 3 N–H and O–H groups in total. The third kappa shape index (κ3) is 4.47. The van der Waals surface area contributed by atoms with Crippen molar-refractivity contribution in [2.75, 3.05) is 19.0 Å². The van der Waals surface area contributed by atoms with Crippen molar-refractivity contribution in [2.45, 2.75) is 6.92 Å². The molecule has 0 saturated carbocycles. The van der Waals surface area contributed by atoms with Gasteiger partial charge in [-0.25, -0.2) is 0 Å². The average molecular weight is 317 g/mol. The summed E-state index contributed by atoms with van der Waals surface area (Å²) in [5, 5.41) is 10.4. The molecule has 0 unspecified atom stereocenters. The summed E-state index contributed by atoms with van der Waals surface area (Å²) in [7, 11) is 3.30. The molecule has 2 rings (SSSR count). The summed E-state index contributed by atoms with van der Waals surface area (Å²) in [6.07, 6.45) is 3.25. The van der Waals surface area contributed by atoms with Gasteiger partial charge in [0, 0.05) is 13.2 Å². The molecule has 0 radical (unpaired) electrons. The summed E-state index contributed by atoms with van der Waals surface area (Å²) in [5.41, 5.74) is 7.93. The number of ether oxygens (including phenoxy) is 1. The number of anilines is 1. The Labute approximate surface area is 133 Å². The highest BCUT2D eigenvalue weighted by Crippen LogP contribution is 2.24. The zero-order valence-corrected chi connectivity index (χ0v) is 13.2. The number of oxime groups is 1. The maximum atomic E-state index is 11.9. The van der Waals surface area contributed by atoms with Crippen molar-refractivity contribution in [1.29, 1.82) is 0 Å². The standard InChI is InChI=1S/C15H19N5O3/c1-10-4-5-13(22-3)12(6-10)18-14(21)9-23-19-15(16)11-7-17-20(2)8-11/h4-8H,9H2,1-3H3,(H2,16,19)(H,18,21). The van der Waals surface area contributed by atoms with E-state index in [2.05, 4.69) is 15.6 Å². The molecule has 122 valence electrons. The van der Waals surface area contributed by atoms with Crippen molar-refractivity contribution >= 4 is 17.4 Å². The van der Waals surface area contributed by atoms with Gasteiger partial charge >= 0.3 is 0 Å². The van der Waals surface area contributed by atoms with E-state index < -0.39 is 0 Å². The van der Waals surface area contributed by atoms with Gasteiger partial charge in [0.1, 0.15) is 5.75 Å². The highest BCUT2D eigenvalue weighted by Gasteiger charge is 2.09. The highest BCUT2D eigenvalue weighted by atomic mass is 16.6. The number of amidine groups is 1. The zero-order chi connectivity index (χ0) is 16.8. The van der Waals surface area contributed by atoms with Crippen LogP contribution in [0.4, 0.5) is 5.69 Å². The Morgan fingerprint density at radius 2 is 2.26 bits per heavy atom. The second-order valence-electron chi connectivity index (χ2n) is 4.90. The first-order valence-electron chi connectivity index (χ1n) is 6.88. The van der Waals surface area contributed by atoms with E-state index in [9.17, 15) is 4.79 Å². The number of aryl methyl sites for hydroxylation is 2. The lowest BCUT2D eigenvalue weighted by atomic mass is 10.2. The first kappa shape index (κ1) is 16.3. The molecule has 0 aliphatic rings. The second-order valence-corrected chi connectivity index (χ2v) is 4.90. The molecule has 1 aromatic heterocycles. The van der Waals surface area contributed by atoms with E-state index in [0.717, 1.165) is 5.56 Å². The Kier molecular flexibility index (Phi) is 5.19. The number of amides is 1. The summed E-state index contributed by atoms with van der Waals surface area (Å²) in [4.78, 5) is 16.9. The fraction of sp³-hybridized carbons (Fsp3) is 0.267. The molecule has 23 heavy (non-hydrogen) atoms. The lowest BCUT2D eigenvalue weighted by Gasteiger charge is -2.10. The number of carbonyl (C=O) groups is 1. The van der Waals surface area contributed by atoms with E-state index in [1.165, 1.54) is 7.11 Å². The topological polar surface area (TPSA) is 104 Å². The van der Waals surface area contributed by atoms with Crippen LogP contribution in [0.5, 0.6) is 5.75 Å². The average Bonchev–Trinajstić information content (AvgIpc) is 2.94.